The largest absolute Gasteiger partial charge is 0.480 e. The van der Waals surface area contributed by atoms with Gasteiger partial charge in [-0.15, -0.1) is 4.40 Å². The van der Waals surface area contributed by atoms with E-state index in [0.29, 0.717) is 5.56 Å². The number of nitrogens with zero attached hydrogens (tertiary/aromatic N) is 2. The Hall–Kier alpha value is -2.72. The highest BCUT2D eigenvalue weighted by Crippen LogP contribution is 2.27. The van der Waals surface area contributed by atoms with Crippen molar-refractivity contribution in [3.05, 3.63) is 75.0 Å². The molecule has 2 rings (SSSR count). The summed E-state index contributed by atoms with van der Waals surface area (Å²) in [6, 6.07) is 10.6. The van der Waals surface area contributed by atoms with Gasteiger partial charge in [-0.25, -0.2) is 4.39 Å². The molecule has 1 atom stereocenters. The standard InChI is InChI=1S/C15H12ClFN2O6S/c1-24-14(10-5-3-2-4-6-10)18-26(22,23)15(19(20)21)25-13-8-7-11(17)9-12(13)16/h2-9,15H,1H3/b18-14-. The van der Waals surface area contributed by atoms with Gasteiger partial charge in [0.1, 0.15) is 11.6 Å². The Kier molecular flexibility index (Phi) is 6.11. The average Bonchev–Trinajstić information content (AvgIpc) is 2.59. The molecule has 0 heterocycles. The van der Waals surface area contributed by atoms with E-state index in [2.05, 4.69) is 4.40 Å². The van der Waals surface area contributed by atoms with Gasteiger partial charge in [-0.05, 0) is 30.3 Å². The molecule has 0 amide bonds. The molecule has 0 radical (unpaired) electrons. The van der Waals surface area contributed by atoms with Crippen LogP contribution in [0.3, 0.4) is 0 Å². The average molecular weight is 403 g/mol. The number of hydrogen-bond acceptors (Lipinski definition) is 6. The van der Waals surface area contributed by atoms with Crippen molar-refractivity contribution >= 4 is 27.5 Å². The van der Waals surface area contributed by atoms with Gasteiger partial charge < -0.3 is 9.47 Å². The number of ether oxygens (including phenoxy) is 2. The molecule has 0 bridgehead atoms. The number of hydrogen-bond donors (Lipinski definition) is 0. The Morgan fingerprint density at radius 3 is 2.46 bits per heavy atom. The van der Waals surface area contributed by atoms with E-state index >= 15 is 0 Å². The molecule has 2 aromatic carbocycles. The third-order valence-corrected chi connectivity index (χ3v) is 4.47. The molecular formula is C15H12ClFN2O6S. The minimum absolute atomic E-state index is 0.292. The molecule has 11 heteroatoms. The smallest absolute Gasteiger partial charge is 0.476 e. The van der Waals surface area contributed by atoms with Crippen LogP contribution in [0.5, 0.6) is 5.75 Å². The van der Waals surface area contributed by atoms with E-state index in [1.807, 2.05) is 0 Å². The molecule has 138 valence electrons. The molecule has 26 heavy (non-hydrogen) atoms. The Balaban J connectivity index is 2.41. The van der Waals surface area contributed by atoms with E-state index in [1.165, 1.54) is 19.2 Å². The number of methoxy groups -OCH3 is 1. The van der Waals surface area contributed by atoms with E-state index in [0.717, 1.165) is 18.2 Å². The third kappa shape index (κ3) is 4.67. The van der Waals surface area contributed by atoms with Crippen molar-refractivity contribution < 1.29 is 27.2 Å². The molecule has 0 aliphatic heterocycles. The van der Waals surface area contributed by atoms with Gasteiger partial charge in [-0.1, -0.05) is 29.8 Å². The van der Waals surface area contributed by atoms with Crippen molar-refractivity contribution in [2.75, 3.05) is 7.11 Å². The molecule has 1 unspecified atom stereocenters. The fourth-order valence-electron chi connectivity index (χ4n) is 1.84. The molecule has 0 N–H and O–H groups in total. The predicted molar refractivity (Wildman–Crippen MR) is 91.7 cm³/mol. The summed E-state index contributed by atoms with van der Waals surface area (Å²) in [6.07, 6.45) is 0. The van der Waals surface area contributed by atoms with E-state index in [4.69, 9.17) is 21.1 Å². The Labute approximate surface area is 153 Å². The van der Waals surface area contributed by atoms with Crippen molar-refractivity contribution in [2.45, 2.75) is 5.56 Å². The van der Waals surface area contributed by atoms with Gasteiger partial charge in [0.05, 0.1) is 17.1 Å². The molecule has 8 nitrogen and oxygen atoms in total. The number of sulfonamides is 1. The summed E-state index contributed by atoms with van der Waals surface area (Å²) in [5.41, 5.74) is -2.31. The molecule has 0 aliphatic carbocycles. The van der Waals surface area contributed by atoms with E-state index in [1.54, 1.807) is 18.2 Å². The van der Waals surface area contributed by atoms with Gasteiger partial charge in [0.25, 0.3) is 0 Å². The maximum atomic E-state index is 13.1. The topological polar surface area (TPSA) is 108 Å². The van der Waals surface area contributed by atoms with Gasteiger partial charge in [0, 0.05) is 5.56 Å². The summed E-state index contributed by atoms with van der Waals surface area (Å²) < 4.78 is 50.9. The van der Waals surface area contributed by atoms with E-state index < -0.39 is 26.3 Å². The number of nitro groups is 1. The number of rotatable bonds is 6. The summed E-state index contributed by atoms with van der Waals surface area (Å²) >= 11 is 5.71. The first-order valence-electron chi connectivity index (χ1n) is 6.93. The van der Waals surface area contributed by atoms with Crippen molar-refractivity contribution in [1.29, 1.82) is 0 Å². The Bertz CT molecular complexity index is 936. The maximum Gasteiger partial charge on any atom is 0.476 e. The van der Waals surface area contributed by atoms with Crippen LogP contribution in [0.4, 0.5) is 4.39 Å². The summed E-state index contributed by atoms with van der Waals surface area (Å²) in [5, 5.41) is 10.9. The minimum Gasteiger partial charge on any atom is -0.480 e. The second-order valence-corrected chi connectivity index (χ2v) is 6.79. The maximum absolute atomic E-state index is 13.1. The molecular weight excluding hydrogens is 391 g/mol. The zero-order valence-corrected chi connectivity index (χ0v) is 14.8. The molecule has 0 aromatic heterocycles. The van der Waals surface area contributed by atoms with Crippen molar-refractivity contribution in [3.63, 3.8) is 0 Å². The van der Waals surface area contributed by atoms with Gasteiger partial charge in [0.15, 0.2) is 0 Å². The highest BCUT2D eigenvalue weighted by Gasteiger charge is 2.40. The second kappa shape index (κ2) is 8.11. The highest BCUT2D eigenvalue weighted by atomic mass is 35.5. The fourth-order valence-corrected chi connectivity index (χ4v) is 3.00. The second-order valence-electron chi connectivity index (χ2n) is 4.77. The number of benzene rings is 2. The van der Waals surface area contributed by atoms with Crippen molar-refractivity contribution in [3.8, 4) is 5.75 Å². The normalized spacial score (nSPS) is 13.1. The molecule has 0 saturated heterocycles. The predicted octanol–water partition coefficient (Wildman–Crippen LogP) is 2.84. The quantitative estimate of drug-likeness (QED) is 0.242. The van der Waals surface area contributed by atoms with Crippen LogP contribution in [0.25, 0.3) is 0 Å². The summed E-state index contributed by atoms with van der Waals surface area (Å²) in [6.45, 7) is 0. The van der Waals surface area contributed by atoms with Crippen LogP contribution in [0.15, 0.2) is 52.9 Å². The van der Waals surface area contributed by atoms with Crippen LogP contribution >= 0.6 is 11.6 Å². The highest BCUT2D eigenvalue weighted by molar-refractivity contribution is 7.90. The summed E-state index contributed by atoms with van der Waals surface area (Å²) in [5.74, 6) is -1.45. The monoisotopic (exact) mass is 402 g/mol. The van der Waals surface area contributed by atoms with Crippen LogP contribution < -0.4 is 4.74 Å². The van der Waals surface area contributed by atoms with E-state index in [-0.39, 0.29) is 16.7 Å². The molecule has 0 aliphatic rings. The van der Waals surface area contributed by atoms with Gasteiger partial charge in [-0.3, -0.25) is 10.1 Å². The first-order valence-corrected chi connectivity index (χ1v) is 8.81. The summed E-state index contributed by atoms with van der Waals surface area (Å²) in [7, 11) is -3.65. The van der Waals surface area contributed by atoms with Crippen molar-refractivity contribution in [1.82, 2.24) is 0 Å². The lowest BCUT2D eigenvalue weighted by molar-refractivity contribution is -0.534. The Morgan fingerprint density at radius 1 is 1.27 bits per heavy atom. The van der Waals surface area contributed by atoms with Crippen LogP contribution in [0.1, 0.15) is 5.56 Å². The first-order chi connectivity index (χ1) is 12.2. The lowest BCUT2D eigenvalue weighted by Gasteiger charge is -2.12. The van der Waals surface area contributed by atoms with Crippen LogP contribution in [-0.2, 0) is 14.8 Å². The van der Waals surface area contributed by atoms with Gasteiger partial charge in [0.2, 0.25) is 5.90 Å². The van der Waals surface area contributed by atoms with Crippen LogP contribution in [-0.4, -0.2) is 31.9 Å². The lowest BCUT2D eigenvalue weighted by atomic mass is 10.2. The van der Waals surface area contributed by atoms with Crippen molar-refractivity contribution in [2.24, 2.45) is 4.40 Å². The third-order valence-electron chi connectivity index (χ3n) is 2.97. The summed E-state index contributed by atoms with van der Waals surface area (Å²) in [4.78, 5) is 10.0. The van der Waals surface area contributed by atoms with Gasteiger partial charge >= 0.3 is 15.6 Å². The number of halogens is 2. The Morgan fingerprint density at radius 2 is 1.92 bits per heavy atom. The fraction of sp³-hybridized carbons (Fsp3) is 0.133. The molecule has 2 aromatic rings. The first kappa shape index (κ1) is 19.6. The molecule has 0 spiro atoms. The van der Waals surface area contributed by atoms with Crippen LogP contribution in [0.2, 0.25) is 5.02 Å². The van der Waals surface area contributed by atoms with Crippen LogP contribution in [0, 0.1) is 15.9 Å². The minimum atomic E-state index is -4.82. The van der Waals surface area contributed by atoms with Gasteiger partial charge in [-0.2, -0.15) is 8.42 Å². The zero-order chi connectivity index (χ0) is 19.3. The SMILES string of the molecule is CO/C(=N\S(=O)(=O)C(Oc1ccc(F)cc1Cl)[N+](=O)[O-])c1ccccc1. The van der Waals surface area contributed by atoms with E-state index in [9.17, 15) is 22.9 Å². The zero-order valence-electron chi connectivity index (χ0n) is 13.2. The molecule has 0 fully saturated rings. The lowest BCUT2D eigenvalue weighted by Crippen LogP contribution is -2.35. The molecule has 0 saturated carbocycles.